The molecular weight excluding hydrogens is 248 g/mol. The van der Waals surface area contributed by atoms with Crippen LogP contribution in [0.4, 0.5) is 0 Å². The average molecular weight is 266 g/mol. The number of carboxylic acids is 1. The zero-order valence-electron chi connectivity index (χ0n) is 11.6. The first-order valence-corrected chi connectivity index (χ1v) is 7.07. The molecule has 0 spiro atoms. The second kappa shape index (κ2) is 5.12. The molecule has 0 saturated carbocycles. The minimum atomic E-state index is -0.787. The Balaban J connectivity index is 1.95. The molecule has 0 heterocycles. The molecule has 1 aliphatic carbocycles. The van der Waals surface area contributed by atoms with E-state index in [0.29, 0.717) is 5.92 Å². The van der Waals surface area contributed by atoms with Crippen molar-refractivity contribution in [1.82, 2.24) is 0 Å². The Morgan fingerprint density at radius 1 is 1.20 bits per heavy atom. The van der Waals surface area contributed by atoms with Gasteiger partial charge >= 0.3 is 5.97 Å². The van der Waals surface area contributed by atoms with E-state index in [1.54, 1.807) is 0 Å². The first-order chi connectivity index (χ1) is 9.63. The van der Waals surface area contributed by atoms with Crippen molar-refractivity contribution in [2.75, 3.05) is 0 Å². The maximum atomic E-state index is 10.8. The second-order valence-electron chi connectivity index (χ2n) is 5.62. The fourth-order valence-electron chi connectivity index (χ4n) is 3.05. The third kappa shape index (κ3) is 2.46. The van der Waals surface area contributed by atoms with Crippen molar-refractivity contribution in [3.8, 4) is 11.1 Å². The molecule has 0 fully saturated rings. The van der Waals surface area contributed by atoms with Gasteiger partial charge in [-0.05, 0) is 46.6 Å². The largest absolute Gasteiger partial charge is 0.481 e. The smallest absolute Gasteiger partial charge is 0.307 e. The van der Waals surface area contributed by atoms with E-state index in [4.69, 9.17) is 5.11 Å². The number of aryl methyl sites for hydroxylation is 1. The van der Waals surface area contributed by atoms with Gasteiger partial charge in [0.15, 0.2) is 0 Å². The molecule has 1 N–H and O–H groups in total. The van der Waals surface area contributed by atoms with Gasteiger partial charge in [0.05, 0.1) is 6.42 Å². The minimum Gasteiger partial charge on any atom is -0.481 e. The molecule has 0 aromatic heterocycles. The molecule has 2 nitrogen and oxygen atoms in total. The molecule has 0 saturated heterocycles. The second-order valence-corrected chi connectivity index (χ2v) is 5.62. The predicted molar refractivity (Wildman–Crippen MR) is 80.0 cm³/mol. The zero-order valence-corrected chi connectivity index (χ0v) is 11.6. The highest BCUT2D eigenvalue weighted by Crippen LogP contribution is 2.35. The molecule has 0 amide bonds. The zero-order chi connectivity index (χ0) is 14.1. The van der Waals surface area contributed by atoms with Crippen molar-refractivity contribution in [3.63, 3.8) is 0 Å². The van der Waals surface area contributed by atoms with Crippen LogP contribution in [0.15, 0.2) is 42.5 Å². The molecule has 1 aliphatic rings. The summed E-state index contributed by atoms with van der Waals surface area (Å²) in [5.41, 5.74) is 6.05. The fourth-order valence-corrected chi connectivity index (χ4v) is 3.05. The summed E-state index contributed by atoms with van der Waals surface area (Å²) in [5.74, 6) is -0.123. The van der Waals surface area contributed by atoms with Gasteiger partial charge in [-0.2, -0.15) is 0 Å². The molecule has 2 heteroatoms. The summed E-state index contributed by atoms with van der Waals surface area (Å²) in [4.78, 5) is 10.8. The van der Waals surface area contributed by atoms with Gasteiger partial charge in [0.25, 0.3) is 0 Å². The molecule has 0 aliphatic heterocycles. The lowest BCUT2D eigenvalue weighted by atomic mass is 9.97. The van der Waals surface area contributed by atoms with E-state index in [9.17, 15) is 4.79 Å². The molecule has 20 heavy (non-hydrogen) atoms. The Labute approximate surface area is 119 Å². The highest BCUT2D eigenvalue weighted by atomic mass is 16.4. The molecule has 1 atom stereocenters. The van der Waals surface area contributed by atoms with Gasteiger partial charge in [0, 0.05) is 0 Å². The van der Waals surface area contributed by atoms with E-state index in [1.165, 1.54) is 23.1 Å². The van der Waals surface area contributed by atoms with E-state index in [-0.39, 0.29) is 6.42 Å². The van der Waals surface area contributed by atoms with Crippen LogP contribution in [0.1, 0.15) is 36.0 Å². The molecule has 102 valence electrons. The van der Waals surface area contributed by atoms with Gasteiger partial charge in [-0.15, -0.1) is 0 Å². The number of carboxylic acid groups (broad SMARTS) is 1. The number of rotatable bonds is 3. The average Bonchev–Trinajstić information content (AvgIpc) is 2.79. The maximum Gasteiger partial charge on any atom is 0.307 e. The lowest BCUT2D eigenvalue weighted by molar-refractivity contribution is -0.136. The van der Waals surface area contributed by atoms with Gasteiger partial charge < -0.3 is 5.11 Å². The van der Waals surface area contributed by atoms with Crippen LogP contribution in [0, 0.1) is 0 Å². The number of fused-ring (bicyclic) bond motifs is 1. The number of hydrogen-bond acceptors (Lipinski definition) is 1. The standard InChI is InChI=1S/C18H18O2/c1-12-5-6-16-11-15(7-8-17(12)16)14-4-2-3-13(9-14)10-18(19)20/h2-4,7-9,11-12H,5-6,10H2,1H3,(H,19,20). The Morgan fingerprint density at radius 3 is 2.80 bits per heavy atom. The molecule has 1 unspecified atom stereocenters. The van der Waals surface area contributed by atoms with E-state index < -0.39 is 5.97 Å². The van der Waals surface area contributed by atoms with Crippen LogP contribution in [0.25, 0.3) is 11.1 Å². The third-order valence-electron chi connectivity index (χ3n) is 4.14. The van der Waals surface area contributed by atoms with Crippen molar-refractivity contribution in [2.24, 2.45) is 0 Å². The summed E-state index contributed by atoms with van der Waals surface area (Å²) in [6, 6.07) is 14.5. The van der Waals surface area contributed by atoms with E-state index in [0.717, 1.165) is 17.5 Å². The fraction of sp³-hybridized carbons (Fsp3) is 0.278. The van der Waals surface area contributed by atoms with Crippen LogP contribution in [-0.4, -0.2) is 11.1 Å². The summed E-state index contributed by atoms with van der Waals surface area (Å²) in [7, 11) is 0. The van der Waals surface area contributed by atoms with E-state index >= 15 is 0 Å². The van der Waals surface area contributed by atoms with Gasteiger partial charge in [-0.25, -0.2) is 0 Å². The topological polar surface area (TPSA) is 37.3 Å². The van der Waals surface area contributed by atoms with Gasteiger partial charge in [-0.3, -0.25) is 4.79 Å². The van der Waals surface area contributed by atoms with Crippen LogP contribution in [0.3, 0.4) is 0 Å². The number of benzene rings is 2. The molecule has 0 radical (unpaired) electrons. The van der Waals surface area contributed by atoms with Crippen molar-refractivity contribution in [3.05, 3.63) is 59.2 Å². The summed E-state index contributed by atoms with van der Waals surface area (Å²) in [6.07, 6.45) is 2.47. The van der Waals surface area contributed by atoms with Gasteiger partial charge in [-0.1, -0.05) is 49.4 Å². The summed E-state index contributed by atoms with van der Waals surface area (Å²) < 4.78 is 0. The lowest BCUT2D eigenvalue weighted by Crippen LogP contribution is -1.99. The van der Waals surface area contributed by atoms with Crippen LogP contribution < -0.4 is 0 Å². The van der Waals surface area contributed by atoms with Crippen LogP contribution in [0.5, 0.6) is 0 Å². The van der Waals surface area contributed by atoms with E-state index in [1.807, 2.05) is 24.3 Å². The van der Waals surface area contributed by atoms with Crippen molar-refractivity contribution >= 4 is 5.97 Å². The first kappa shape index (κ1) is 12.9. The maximum absolute atomic E-state index is 10.8. The number of hydrogen-bond donors (Lipinski definition) is 1. The highest BCUT2D eigenvalue weighted by molar-refractivity contribution is 5.72. The molecule has 0 bridgehead atoms. The molecule has 2 aromatic rings. The number of aliphatic carboxylic acids is 1. The van der Waals surface area contributed by atoms with Crippen LogP contribution >= 0.6 is 0 Å². The minimum absolute atomic E-state index is 0.0792. The van der Waals surface area contributed by atoms with Gasteiger partial charge in [0.2, 0.25) is 0 Å². The third-order valence-corrected chi connectivity index (χ3v) is 4.14. The molecule has 3 rings (SSSR count). The predicted octanol–water partition coefficient (Wildman–Crippen LogP) is 4.03. The van der Waals surface area contributed by atoms with Gasteiger partial charge in [0.1, 0.15) is 0 Å². The first-order valence-electron chi connectivity index (χ1n) is 7.07. The highest BCUT2D eigenvalue weighted by Gasteiger charge is 2.18. The number of carbonyl (C=O) groups is 1. The Bertz CT molecular complexity index is 658. The summed E-state index contributed by atoms with van der Waals surface area (Å²) >= 11 is 0. The lowest BCUT2D eigenvalue weighted by Gasteiger charge is -2.08. The summed E-state index contributed by atoms with van der Waals surface area (Å²) in [5, 5.41) is 8.88. The van der Waals surface area contributed by atoms with Crippen LogP contribution in [0.2, 0.25) is 0 Å². The van der Waals surface area contributed by atoms with Crippen LogP contribution in [-0.2, 0) is 17.6 Å². The Kier molecular flexibility index (Phi) is 3.31. The van der Waals surface area contributed by atoms with Crippen molar-refractivity contribution < 1.29 is 9.90 Å². The summed E-state index contributed by atoms with van der Waals surface area (Å²) in [6.45, 7) is 2.28. The van der Waals surface area contributed by atoms with Crippen molar-refractivity contribution in [1.29, 1.82) is 0 Å². The molecule has 2 aromatic carbocycles. The normalized spacial score (nSPS) is 16.9. The monoisotopic (exact) mass is 266 g/mol. The SMILES string of the molecule is CC1CCc2cc(-c3cccc(CC(=O)O)c3)ccc21. The van der Waals surface area contributed by atoms with Crippen molar-refractivity contribution in [2.45, 2.75) is 32.1 Å². The quantitative estimate of drug-likeness (QED) is 0.910. The Hall–Kier alpha value is -2.09. The Morgan fingerprint density at radius 2 is 2.00 bits per heavy atom. The molecular formula is C18H18O2. The van der Waals surface area contributed by atoms with E-state index in [2.05, 4.69) is 25.1 Å².